The molecule has 0 spiro atoms. The summed E-state index contributed by atoms with van der Waals surface area (Å²) in [5.74, 6) is -0.654. The van der Waals surface area contributed by atoms with Crippen molar-refractivity contribution in [3.63, 3.8) is 0 Å². The van der Waals surface area contributed by atoms with E-state index in [1.807, 2.05) is 50.4 Å². The van der Waals surface area contributed by atoms with Crippen molar-refractivity contribution in [2.45, 2.75) is 33.7 Å². The number of amides is 1. The van der Waals surface area contributed by atoms with Gasteiger partial charge in [0.1, 0.15) is 12.6 Å². The molecule has 1 aliphatic rings. The first-order valence-corrected chi connectivity index (χ1v) is 8.37. The van der Waals surface area contributed by atoms with Crippen LogP contribution in [0.5, 0.6) is 0 Å². The minimum absolute atomic E-state index is 0.0983. The van der Waals surface area contributed by atoms with Gasteiger partial charge in [-0.05, 0) is 17.4 Å². The molecule has 1 atom stereocenters. The summed E-state index contributed by atoms with van der Waals surface area (Å²) >= 11 is 0. The molecule has 1 aliphatic heterocycles. The van der Waals surface area contributed by atoms with Crippen LogP contribution >= 0.6 is 0 Å². The standard InChI is InChI=1S/C19H26N2O3/c1-13(2)10-20-11-16(15-8-6-5-7-9-15)21(12-17(22)23)19(24)18(20)14(3)4/h5-9,11,13-14,18H,10,12H2,1-4H3,(H,22,23)/t18-/m1/s1. The van der Waals surface area contributed by atoms with E-state index in [9.17, 15) is 14.7 Å². The van der Waals surface area contributed by atoms with E-state index in [1.54, 1.807) is 0 Å². The fourth-order valence-corrected chi connectivity index (χ4v) is 3.12. The lowest BCUT2D eigenvalue weighted by molar-refractivity contribution is -0.145. The summed E-state index contributed by atoms with van der Waals surface area (Å²) in [5.41, 5.74) is 1.50. The van der Waals surface area contributed by atoms with Crippen LogP contribution in [-0.2, 0) is 9.59 Å². The molecule has 1 aromatic rings. The Kier molecular flexibility index (Phi) is 5.65. The highest BCUT2D eigenvalue weighted by Crippen LogP contribution is 2.30. The fraction of sp³-hybridized carbons (Fsp3) is 0.474. The number of rotatable bonds is 6. The molecule has 1 amide bonds. The van der Waals surface area contributed by atoms with Crippen molar-refractivity contribution >= 4 is 17.6 Å². The van der Waals surface area contributed by atoms with Gasteiger partial charge in [-0.3, -0.25) is 14.5 Å². The number of aliphatic carboxylic acids is 1. The Labute approximate surface area is 143 Å². The third-order valence-corrected chi connectivity index (χ3v) is 4.03. The highest BCUT2D eigenvalue weighted by Gasteiger charge is 2.38. The first kappa shape index (κ1) is 18.0. The Balaban J connectivity index is 2.52. The van der Waals surface area contributed by atoms with E-state index in [-0.39, 0.29) is 24.4 Å². The molecule has 0 saturated carbocycles. The summed E-state index contributed by atoms with van der Waals surface area (Å²) in [4.78, 5) is 27.8. The van der Waals surface area contributed by atoms with Crippen LogP contribution in [0.1, 0.15) is 33.3 Å². The maximum absolute atomic E-state index is 13.1. The number of nitrogens with zero attached hydrogens (tertiary/aromatic N) is 2. The highest BCUT2D eigenvalue weighted by atomic mass is 16.4. The molecule has 130 valence electrons. The van der Waals surface area contributed by atoms with Gasteiger partial charge in [-0.15, -0.1) is 0 Å². The molecular weight excluding hydrogens is 304 g/mol. The van der Waals surface area contributed by atoms with E-state index in [4.69, 9.17) is 0 Å². The van der Waals surface area contributed by atoms with E-state index >= 15 is 0 Å². The van der Waals surface area contributed by atoms with Crippen LogP contribution in [0, 0.1) is 11.8 Å². The van der Waals surface area contributed by atoms with Crippen molar-refractivity contribution in [3.8, 4) is 0 Å². The van der Waals surface area contributed by atoms with Crippen LogP contribution in [0.3, 0.4) is 0 Å². The molecule has 5 nitrogen and oxygen atoms in total. The van der Waals surface area contributed by atoms with Gasteiger partial charge in [0.2, 0.25) is 0 Å². The van der Waals surface area contributed by atoms with Crippen molar-refractivity contribution in [1.82, 2.24) is 9.80 Å². The monoisotopic (exact) mass is 330 g/mol. The molecule has 0 aliphatic carbocycles. The zero-order chi connectivity index (χ0) is 17.9. The van der Waals surface area contributed by atoms with E-state index in [0.29, 0.717) is 11.6 Å². The molecule has 1 aromatic carbocycles. The van der Waals surface area contributed by atoms with Crippen LogP contribution < -0.4 is 0 Å². The summed E-state index contributed by atoms with van der Waals surface area (Å²) in [6.45, 7) is 8.65. The largest absolute Gasteiger partial charge is 0.480 e. The van der Waals surface area contributed by atoms with Gasteiger partial charge in [0.25, 0.3) is 5.91 Å². The first-order chi connectivity index (χ1) is 11.3. The second-order valence-electron chi connectivity index (χ2n) is 6.98. The van der Waals surface area contributed by atoms with Gasteiger partial charge < -0.3 is 10.0 Å². The van der Waals surface area contributed by atoms with Gasteiger partial charge >= 0.3 is 5.97 Å². The van der Waals surface area contributed by atoms with Crippen molar-refractivity contribution in [2.24, 2.45) is 11.8 Å². The van der Waals surface area contributed by atoms with Gasteiger partial charge in [0.15, 0.2) is 0 Å². The van der Waals surface area contributed by atoms with E-state index in [1.165, 1.54) is 4.90 Å². The summed E-state index contributed by atoms with van der Waals surface area (Å²) in [7, 11) is 0. The lowest BCUT2D eigenvalue weighted by Crippen LogP contribution is -2.54. The van der Waals surface area contributed by atoms with Crippen LogP contribution in [0.15, 0.2) is 36.5 Å². The van der Waals surface area contributed by atoms with Crippen LogP contribution in [0.2, 0.25) is 0 Å². The maximum atomic E-state index is 13.1. The van der Waals surface area contributed by atoms with E-state index in [2.05, 4.69) is 18.7 Å². The van der Waals surface area contributed by atoms with Gasteiger partial charge in [0.05, 0.1) is 5.70 Å². The third-order valence-electron chi connectivity index (χ3n) is 4.03. The quantitative estimate of drug-likeness (QED) is 0.871. The van der Waals surface area contributed by atoms with Crippen LogP contribution in [-0.4, -0.2) is 45.9 Å². The lowest BCUT2D eigenvalue weighted by Gasteiger charge is -2.42. The average molecular weight is 330 g/mol. The third kappa shape index (κ3) is 3.96. The summed E-state index contributed by atoms with van der Waals surface area (Å²) < 4.78 is 0. The molecule has 0 aromatic heterocycles. The van der Waals surface area contributed by atoms with Gasteiger partial charge in [-0.2, -0.15) is 0 Å². The molecule has 24 heavy (non-hydrogen) atoms. The van der Waals surface area contributed by atoms with E-state index < -0.39 is 5.97 Å². The number of hydrogen-bond acceptors (Lipinski definition) is 3. The topological polar surface area (TPSA) is 60.9 Å². The summed E-state index contributed by atoms with van der Waals surface area (Å²) in [6.07, 6.45) is 1.95. The molecular formula is C19H26N2O3. The zero-order valence-corrected chi connectivity index (χ0v) is 14.8. The minimum Gasteiger partial charge on any atom is -0.480 e. The predicted molar refractivity (Wildman–Crippen MR) is 93.9 cm³/mol. The zero-order valence-electron chi connectivity index (χ0n) is 14.8. The van der Waals surface area contributed by atoms with Crippen molar-refractivity contribution in [1.29, 1.82) is 0 Å². The number of carboxylic acid groups (broad SMARTS) is 1. The highest BCUT2D eigenvalue weighted by molar-refractivity contribution is 5.95. The van der Waals surface area contributed by atoms with Crippen LogP contribution in [0.4, 0.5) is 0 Å². The number of benzene rings is 1. The predicted octanol–water partition coefficient (Wildman–Crippen LogP) is 2.89. The normalized spacial score (nSPS) is 18.3. The fourth-order valence-electron chi connectivity index (χ4n) is 3.12. The lowest BCUT2D eigenvalue weighted by atomic mass is 9.96. The van der Waals surface area contributed by atoms with Crippen molar-refractivity contribution in [3.05, 3.63) is 42.1 Å². The first-order valence-electron chi connectivity index (χ1n) is 8.37. The summed E-state index contributed by atoms with van der Waals surface area (Å²) in [5, 5.41) is 9.25. The summed E-state index contributed by atoms with van der Waals surface area (Å²) in [6, 6.07) is 9.15. The molecule has 0 fully saturated rings. The molecule has 1 heterocycles. The second-order valence-corrected chi connectivity index (χ2v) is 6.98. The van der Waals surface area contributed by atoms with Crippen LogP contribution in [0.25, 0.3) is 5.70 Å². The smallest absolute Gasteiger partial charge is 0.323 e. The molecule has 0 radical (unpaired) electrons. The Bertz CT molecular complexity index is 623. The number of carbonyl (C=O) groups excluding carboxylic acids is 1. The molecule has 0 saturated heterocycles. The number of carboxylic acids is 1. The van der Waals surface area contributed by atoms with Crippen molar-refractivity contribution in [2.75, 3.05) is 13.1 Å². The van der Waals surface area contributed by atoms with E-state index in [0.717, 1.165) is 12.1 Å². The SMILES string of the molecule is CC(C)CN1C=C(c2ccccc2)N(CC(=O)O)C(=O)[C@H]1C(C)C. The molecule has 0 unspecified atom stereocenters. The minimum atomic E-state index is -1.01. The molecule has 5 heteroatoms. The maximum Gasteiger partial charge on any atom is 0.323 e. The van der Waals surface area contributed by atoms with Gasteiger partial charge in [-0.25, -0.2) is 0 Å². The molecule has 1 N–H and O–H groups in total. The Morgan fingerprint density at radius 2 is 1.79 bits per heavy atom. The molecule has 0 bridgehead atoms. The number of carbonyl (C=O) groups is 2. The number of hydrogen-bond donors (Lipinski definition) is 1. The Morgan fingerprint density at radius 3 is 2.29 bits per heavy atom. The van der Waals surface area contributed by atoms with Gasteiger partial charge in [0, 0.05) is 12.7 Å². The molecule has 2 rings (SSSR count). The second kappa shape index (κ2) is 7.51. The Morgan fingerprint density at radius 1 is 1.17 bits per heavy atom. The average Bonchev–Trinajstić information content (AvgIpc) is 2.49. The Hall–Kier alpha value is -2.30. The van der Waals surface area contributed by atoms with Crippen molar-refractivity contribution < 1.29 is 14.7 Å². The van der Waals surface area contributed by atoms with Gasteiger partial charge in [-0.1, -0.05) is 58.0 Å².